The van der Waals surface area contributed by atoms with E-state index in [9.17, 15) is 4.79 Å². The Hall–Kier alpha value is -1.95. The van der Waals surface area contributed by atoms with Gasteiger partial charge in [0.25, 0.3) is 0 Å². The van der Waals surface area contributed by atoms with Crippen molar-refractivity contribution in [2.75, 3.05) is 5.32 Å². The van der Waals surface area contributed by atoms with E-state index in [1.54, 1.807) is 0 Å². The molecule has 88 valence electrons. The molecular weight excluding hydrogens is 238 g/mol. The quantitative estimate of drug-likeness (QED) is 0.874. The standard InChI is InChI=1S/C11H11N3O2S/c1-6-3-4-8(7(2)13-6)14-11-12-5-9(17-11)10(15)16/h3-5H,1-2H3,(H,12,14)(H,15,16). The third-order valence-corrected chi connectivity index (χ3v) is 3.08. The van der Waals surface area contributed by atoms with Crippen molar-refractivity contribution in [3.05, 3.63) is 34.6 Å². The highest BCUT2D eigenvalue weighted by atomic mass is 32.1. The van der Waals surface area contributed by atoms with E-state index >= 15 is 0 Å². The number of carbonyl (C=O) groups is 1. The average molecular weight is 249 g/mol. The van der Waals surface area contributed by atoms with Crippen molar-refractivity contribution in [1.82, 2.24) is 9.97 Å². The van der Waals surface area contributed by atoms with Crippen LogP contribution in [0.15, 0.2) is 18.3 Å². The van der Waals surface area contributed by atoms with Gasteiger partial charge in [-0.05, 0) is 26.0 Å². The Kier molecular flexibility index (Phi) is 3.06. The van der Waals surface area contributed by atoms with Gasteiger partial charge in [-0.15, -0.1) is 0 Å². The second kappa shape index (κ2) is 4.50. The zero-order valence-corrected chi connectivity index (χ0v) is 10.2. The van der Waals surface area contributed by atoms with Gasteiger partial charge in [0, 0.05) is 5.69 Å². The third kappa shape index (κ3) is 2.59. The summed E-state index contributed by atoms with van der Waals surface area (Å²) in [7, 11) is 0. The minimum atomic E-state index is -0.964. The van der Waals surface area contributed by atoms with Crippen molar-refractivity contribution < 1.29 is 9.90 Å². The lowest BCUT2D eigenvalue weighted by atomic mass is 10.3. The van der Waals surface area contributed by atoms with Crippen molar-refractivity contribution in [1.29, 1.82) is 0 Å². The molecule has 0 aliphatic heterocycles. The van der Waals surface area contributed by atoms with Crippen LogP contribution in [0.2, 0.25) is 0 Å². The molecule has 0 saturated heterocycles. The Morgan fingerprint density at radius 3 is 2.76 bits per heavy atom. The molecular formula is C11H11N3O2S. The maximum atomic E-state index is 10.7. The first-order valence-electron chi connectivity index (χ1n) is 4.96. The predicted molar refractivity (Wildman–Crippen MR) is 66.1 cm³/mol. The Morgan fingerprint density at radius 1 is 1.41 bits per heavy atom. The molecule has 0 spiro atoms. The summed E-state index contributed by atoms with van der Waals surface area (Å²) in [6.45, 7) is 3.81. The molecule has 0 aliphatic carbocycles. The molecule has 0 aliphatic rings. The molecule has 17 heavy (non-hydrogen) atoms. The van der Waals surface area contributed by atoms with E-state index in [0.29, 0.717) is 5.13 Å². The summed E-state index contributed by atoms with van der Waals surface area (Å²) < 4.78 is 0. The van der Waals surface area contributed by atoms with Crippen molar-refractivity contribution >= 4 is 28.1 Å². The summed E-state index contributed by atoms with van der Waals surface area (Å²) in [4.78, 5) is 19.2. The number of carboxylic acids is 1. The van der Waals surface area contributed by atoms with E-state index in [1.807, 2.05) is 26.0 Å². The van der Waals surface area contributed by atoms with Crippen molar-refractivity contribution in [2.24, 2.45) is 0 Å². The van der Waals surface area contributed by atoms with Gasteiger partial charge < -0.3 is 10.4 Å². The van der Waals surface area contributed by atoms with E-state index in [-0.39, 0.29) is 4.88 Å². The molecule has 2 rings (SSSR count). The van der Waals surface area contributed by atoms with Gasteiger partial charge >= 0.3 is 5.97 Å². The molecule has 2 N–H and O–H groups in total. The fourth-order valence-electron chi connectivity index (χ4n) is 1.36. The van der Waals surface area contributed by atoms with Gasteiger partial charge in [-0.1, -0.05) is 11.3 Å². The van der Waals surface area contributed by atoms with Crippen LogP contribution >= 0.6 is 11.3 Å². The van der Waals surface area contributed by atoms with E-state index in [4.69, 9.17) is 5.11 Å². The van der Waals surface area contributed by atoms with Crippen LogP contribution in [-0.2, 0) is 0 Å². The van der Waals surface area contributed by atoms with Crippen LogP contribution in [0, 0.1) is 13.8 Å². The lowest BCUT2D eigenvalue weighted by Gasteiger charge is -2.06. The maximum absolute atomic E-state index is 10.7. The van der Waals surface area contributed by atoms with Crippen LogP contribution in [0.1, 0.15) is 21.1 Å². The number of nitrogens with one attached hydrogen (secondary N) is 1. The van der Waals surface area contributed by atoms with Gasteiger partial charge in [0.2, 0.25) is 0 Å². The van der Waals surface area contributed by atoms with Crippen LogP contribution < -0.4 is 5.32 Å². The Morgan fingerprint density at radius 2 is 2.18 bits per heavy atom. The highest BCUT2D eigenvalue weighted by Gasteiger charge is 2.09. The van der Waals surface area contributed by atoms with Gasteiger partial charge in [-0.3, -0.25) is 4.98 Å². The molecule has 5 nitrogen and oxygen atoms in total. The zero-order valence-electron chi connectivity index (χ0n) is 9.39. The summed E-state index contributed by atoms with van der Waals surface area (Å²) >= 11 is 1.10. The average Bonchev–Trinajstić information content (AvgIpc) is 2.71. The molecule has 0 amide bonds. The smallest absolute Gasteiger partial charge is 0.347 e. The normalized spacial score (nSPS) is 10.2. The first-order valence-corrected chi connectivity index (χ1v) is 5.78. The number of aryl methyl sites for hydroxylation is 2. The largest absolute Gasteiger partial charge is 0.477 e. The van der Waals surface area contributed by atoms with Crippen molar-refractivity contribution in [3.63, 3.8) is 0 Å². The number of thiazole rings is 1. The van der Waals surface area contributed by atoms with Crippen molar-refractivity contribution in [2.45, 2.75) is 13.8 Å². The lowest BCUT2D eigenvalue weighted by Crippen LogP contribution is -1.95. The highest BCUT2D eigenvalue weighted by molar-refractivity contribution is 7.17. The molecule has 0 bridgehead atoms. The molecule has 0 unspecified atom stereocenters. The monoisotopic (exact) mass is 249 g/mol. The first-order chi connectivity index (χ1) is 8.06. The fraction of sp³-hybridized carbons (Fsp3) is 0.182. The number of aromatic nitrogens is 2. The number of hydrogen-bond donors (Lipinski definition) is 2. The summed E-state index contributed by atoms with van der Waals surface area (Å²) in [5.74, 6) is -0.964. The van der Waals surface area contributed by atoms with Crippen LogP contribution in [0.5, 0.6) is 0 Å². The molecule has 0 aromatic carbocycles. The number of nitrogens with zero attached hydrogens (tertiary/aromatic N) is 2. The Labute approximate surface area is 102 Å². The van der Waals surface area contributed by atoms with Gasteiger partial charge in [-0.25, -0.2) is 9.78 Å². The summed E-state index contributed by atoms with van der Waals surface area (Å²) in [6, 6.07) is 3.79. The van der Waals surface area contributed by atoms with Crippen LogP contribution in [0.3, 0.4) is 0 Å². The maximum Gasteiger partial charge on any atom is 0.347 e. The van der Waals surface area contributed by atoms with E-state index in [1.165, 1.54) is 6.20 Å². The van der Waals surface area contributed by atoms with Crippen LogP contribution in [0.25, 0.3) is 0 Å². The Balaban J connectivity index is 2.22. The summed E-state index contributed by atoms with van der Waals surface area (Å²) in [6.07, 6.45) is 1.34. The number of aromatic carboxylic acids is 1. The van der Waals surface area contributed by atoms with E-state index in [0.717, 1.165) is 28.4 Å². The highest BCUT2D eigenvalue weighted by Crippen LogP contribution is 2.24. The van der Waals surface area contributed by atoms with Gasteiger partial charge in [-0.2, -0.15) is 0 Å². The molecule has 6 heteroatoms. The SMILES string of the molecule is Cc1ccc(Nc2ncc(C(=O)O)s2)c(C)n1. The second-order valence-electron chi connectivity index (χ2n) is 3.55. The number of rotatable bonds is 3. The third-order valence-electron chi connectivity index (χ3n) is 2.18. The first kappa shape index (κ1) is 11.5. The lowest BCUT2D eigenvalue weighted by molar-refractivity contribution is 0.0702. The molecule has 2 aromatic heterocycles. The second-order valence-corrected chi connectivity index (χ2v) is 4.58. The minimum absolute atomic E-state index is 0.213. The predicted octanol–water partition coefficient (Wildman–Crippen LogP) is 2.60. The molecule has 2 aromatic rings. The summed E-state index contributed by atoms with van der Waals surface area (Å²) in [5.41, 5.74) is 2.64. The molecule has 0 fully saturated rings. The van der Waals surface area contributed by atoms with Crippen LogP contribution in [-0.4, -0.2) is 21.0 Å². The molecule has 0 saturated carbocycles. The van der Waals surface area contributed by atoms with E-state index < -0.39 is 5.97 Å². The number of anilines is 2. The summed E-state index contributed by atoms with van der Waals surface area (Å²) in [5, 5.41) is 12.4. The number of pyridine rings is 1. The fourth-order valence-corrected chi connectivity index (χ4v) is 2.03. The van der Waals surface area contributed by atoms with Gasteiger partial charge in [0.15, 0.2) is 5.13 Å². The van der Waals surface area contributed by atoms with E-state index in [2.05, 4.69) is 15.3 Å². The van der Waals surface area contributed by atoms with Crippen molar-refractivity contribution in [3.8, 4) is 0 Å². The molecule has 0 atom stereocenters. The zero-order chi connectivity index (χ0) is 12.4. The molecule has 2 heterocycles. The van der Waals surface area contributed by atoms with Gasteiger partial charge in [0.1, 0.15) is 4.88 Å². The Bertz CT molecular complexity index is 566. The number of carboxylic acid groups (broad SMARTS) is 1. The number of hydrogen-bond acceptors (Lipinski definition) is 5. The topological polar surface area (TPSA) is 75.1 Å². The molecule has 0 radical (unpaired) electrons. The minimum Gasteiger partial charge on any atom is -0.477 e. The van der Waals surface area contributed by atoms with Crippen LogP contribution in [0.4, 0.5) is 10.8 Å². The van der Waals surface area contributed by atoms with Gasteiger partial charge in [0.05, 0.1) is 17.6 Å².